The number of thioether (sulfide) groups is 1. The first-order valence-electron chi connectivity index (χ1n) is 10.2. The van der Waals surface area contributed by atoms with E-state index in [0.29, 0.717) is 22.8 Å². The number of carbonyl (C=O) groups excluding carboxylic acids is 2. The van der Waals surface area contributed by atoms with Crippen LogP contribution >= 0.6 is 11.8 Å². The van der Waals surface area contributed by atoms with Crippen molar-refractivity contribution in [2.24, 2.45) is 0 Å². The third-order valence-corrected chi connectivity index (χ3v) is 6.36. The van der Waals surface area contributed by atoms with E-state index >= 15 is 0 Å². The number of benzene rings is 3. The van der Waals surface area contributed by atoms with Crippen LogP contribution in [0.2, 0.25) is 0 Å². The molecule has 1 aliphatic heterocycles. The van der Waals surface area contributed by atoms with E-state index in [0.717, 1.165) is 11.1 Å². The Morgan fingerprint density at radius 2 is 1.62 bits per heavy atom. The zero-order valence-corrected chi connectivity index (χ0v) is 18.3. The van der Waals surface area contributed by atoms with Crippen molar-refractivity contribution in [3.05, 3.63) is 107 Å². The molecule has 6 heteroatoms. The summed E-state index contributed by atoms with van der Waals surface area (Å²) in [5, 5.41) is 12.6. The highest BCUT2D eigenvalue weighted by Gasteiger charge is 2.40. The Hall–Kier alpha value is -3.82. The summed E-state index contributed by atoms with van der Waals surface area (Å²) in [5.74, 6) is -0.676. The molecule has 32 heavy (non-hydrogen) atoms. The Balaban J connectivity index is 1.73. The van der Waals surface area contributed by atoms with Crippen LogP contribution in [0.3, 0.4) is 0 Å². The highest BCUT2D eigenvalue weighted by Crippen LogP contribution is 2.42. The third-order valence-electron chi connectivity index (χ3n) is 5.09. The van der Waals surface area contributed by atoms with Crippen LogP contribution < -0.4 is 10.2 Å². The quantitative estimate of drug-likeness (QED) is 0.445. The van der Waals surface area contributed by atoms with Crippen molar-refractivity contribution in [2.75, 3.05) is 10.2 Å². The first kappa shape index (κ1) is 21.4. The van der Waals surface area contributed by atoms with Gasteiger partial charge in [0.15, 0.2) is 0 Å². The van der Waals surface area contributed by atoms with Crippen LogP contribution in [0.5, 0.6) is 0 Å². The van der Waals surface area contributed by atoms with Crippen molar-refractivity contribution in [3.63, 3.8) is 0 Å². The fourth-order valence-corrected chi connectivity index (χ4v) is 4.77. The number of nitriles is 1. The molecule has 2 amide bonds. The first-order valence-corrected chi connectivity index (χ1v) is 11.1. The minimum absolute atomic E-state index is 0.0802. The molecule has 158 valence electrons. The Morgan fingerprint density at radius 3 is 2.25 bits per heavy atom. The predicted octanol–water partition coefficient (Wildman–Crippen LogP) is 5.06. The van der Waals surface area contributed by atoms with Crippen LogP contribution in [0.1, 0.15) is 11.1 Å². The zero-order chi connectivity index (χ0) is 22.5. The molecule has 0 radical (unpaired) electrons. The van der Waals surface area contributed by atoms with E-state index in [1.807, 2.05) is 73.7 Å². The molecular formula is C26H21N3O2S. The smallest absolute Gasteiger partial charge is 0.269 e. The number of nitrogens with one attached hydrogen (secondary N) is 1. The van der Waals surface area contributed by atoms with Crippen molar-refractivity contribution in [2.45, 2.75) is 18.6 Å². The lowest BCUT2D eigenvalue weighted by atomic mass is 10.1. The lowest BCUT2D eigenvalue weighted by molar-refractivity contribution is -0.117. The maximum atomic E-state index is 13.4. The number of para-hydroxylation sites is 1. The van der Waals surface area contributed by atoms with Gasteiger partial charge in [-0.05, 0) is 43.2 Å². The first-order chi connectivity index (χ1) is 15.6. The van der Waals surface area contributed by atoms with E-state index in [-0.39, 0.29) is 11.5 Å². The molecule has 4 rings (SSSR count). The number of hydrogen-bond acceptors (Lipinski definition) is 4. The fraction of sp³-hybridized carbons (Fsp3) is 0.115. The summed E-state index contributed by atoms with van der Waals surface area (Å²) in [6, 6.07) is 28.2. The van der Waals surface area contributed by atoms with Crippen LogP contribution in [0.15, 0.2) is 95.5 Å². The normalized spacial score (nSPS) is 17.1. The maximum Gasteiger partial charge on any atom is 0.269 e. The van der Waals surface area contributed by atoms with Gasteiger partial charge in [-0.3, -0.25) is 14.5 Å². The van der Waals surface area contributed by atoms with Crippen molar-refractivity contribution in [1.29, 1.82) is 5.26 Å². The largest absolute Gasteiger partial charge is 0.321 e. The number of aryl methyl sites for hydroxylation is 1. The number of carbonyl (C=O) groups is 2. The summed E-state index contributed by atoms with van der Waals surface area (Å²) >= 11 is 1.26. The molecule has 1 fully saturated rings. The second kappa shape index (κ2) is 9.54. The van der Waals surface area contributed by atoms with E-state index in [4.69, 9.17) is 0 Å². The summed E-state index contributed by atoms with van der Waals surface area (Å²) in [5.41, 5.74) is 3.22. The van der Waals surface area contributed by atoms with Gasteiger partial charge in [0.05, 0.1) is 5.25 Å². The molecule has 0 aromatic heterocycles. The SMILES string of the molecule is Cc1ccc(N2C(=O)C(Cc3ccccc3)S/C2=C(/C#N)C(=O)Nc2ccccc2)cc1. The van der Waals surface area contributed by atoms with Crippen molar-refractivity contribution < 1.29 is 9.59 Å². The fourth-order valence-electron chi connectivity index (χ4n) is 3.46. The van der Waals surface area contributed by atoms with Gasteiger partial charge in [-0.2, -0.15) is 5.26 Å². The van der Waals surface area contributed by atoms with Crippen molar-refractivity contribution in [1.82, 2.24) is 0 Å². The van der Waals surface area contributed by atoms with E-state index in [9.17, 15) is 14.9 Å². The molecule has 1 saturated heterocycles. The predicted molar refractivity (Wildman–Crippen MR) is 128 cm³/mol. The standard InChI is InChI=1S/C26H21N3O2S/c1-18-12-14-21(15-13-18)29-25(31)23(16-19-8-4-2-5-9-19)32-26(29)22(17-27)24(30)28-20-10-6-3-7-11-20/h2-15,23H,16H2,1H3,(H,28,30)/b26-22-. The van der Waals surface area contributed by atoms with Gasteiger partial charge in [-0.1, -0.05) is 78.0 Å². The zero-order valence-electron chi connectivity index (χ0n) is 17.5. The molecule has 3 aromatic rings. The van der Waals surface area contributed by atoms with Gasteiger partial charge in [-0.25, -0.2) is 0 Å². The molecule has 1 atom stereocenters. The van der Waals surface area contributed by atoms with Gasteiger partial charge in [0.2, 0.25) is 5.91 Å². The lowest BCUT2D eigenvalue weighted by Gasteiger charge is -2.19. The number of amides is 2. The van der Waals surface area contributed by atoms with Crippen molar-refractivity contribution >= 4 is 35.0 Å². The molecule has 1 unspecified atom stereocenters. The average Bonchev–Trinajstić information content (AvgIpc) is 3.12. The maximum absolute atomic E-state index is 13.4. The third kappa shape index (κ3) is 4.58. The topological polar surface area (TPSA) is 73.2 Å². The van der Waals surface area contributed by atoms with E-state index in [2.05, 4.69) is 5.32 Å². The van der Waals surface area contributed by atoms with Crippen LogP contribution in [-0.2, 0) is 16.0 Å². The van der Waals surface area contributed by atoms with Crippen LogP contribution in [0, 0.1) is 18.3 Å². The number of anilines is 2. The van der Waals surface area contributed by atoms with Gasteiger partial charge in [0.25, 0.3) is 5.91 Å². The summed E-state index contributed by atoms with van der Waals surface area (Å²) in [6.45, 7) is 1.97. The van der Waals surface area contributed by atoms with Crippen LogP contribution in [-0.4, -0.2) is 17.1 Å². The molecule has 0 aliphatic carbocycles. The minimum atomic E-state index is -0.536. The minimum Gasteiger partial charge on any atom is -0.321 e. The highest BCUT2D eigenvalue weighted by molar-refractivity contribution is 8.05. The Labute approximate surface area is 191 Å². The van der Waals surface area contributed by atoms with Gasteiger partial charge in [0.1, 0.15) is 16.7 Å². The second-order valence-corrected chi connectivity index (χ2v) is 8.61. The molecule has 0 spiro atoms. The molecule has 5 nitrogen and oxygen atoms in total. The van der Waals surface area contributed by atoms with E-state index in [1.165, 1.54) is 16.7 Å². The Morgan fingerprint density at radius 1 is 1.00 bits per heavy atom. The van der Waals surface area contributed by atoms with E-state index < -0.39 is 11.2 Å². The Bertz CT molecular complexity index is 1200. The number of nitrogens with zero attached hydrogens (tertiary/aromatic N) is 2. The summed E-state index contributed by atoms with van der Waals surface area (Å²) < 4.78 is 0. The van der Waals surface area contributed by atoms with Gasteiger partial charge in [-0.15, -0.1) is 0 Å². The van der Waals surface area contributed by atoms with E-state index in [1.54, 1.807) is 24.3 Å². The molecule has 0 saturated carbocycles. The lowest BCUT2D eigenvalue weighted by Crippen LogP contribution is -2.30. The second-order valence-electron chi connectivity index (χ2n) is 7.42. The highest BCUT2D eigenvalue weighted by atomic mass is 32.2. The molecular weight excluding hydrogens is 418 g/mol. The van der Waals surface area contributed by atoms with Crippen molar-refractivity contribution in [3.8, 4) is 6.07 Å². The van der Waals surface area contributed by atoms with Crippen LogP contribution in [0.4, 0.5) is 11.4 Å². The molecule has 0 bridgehead atoms. The summed E-state index contributed by atoms with van der Waals surface area (Å²) in [6.07, 6.45) is 0.509. The molecule has 1 N–H and O–H groups in total. The van der Waals surface area contributed by atoms with Gasteiger partial charge >= 0.3 is 0 Å². The molecule has 1 aliphatic rings. The average molecular weight is 440 g/mol. The number of hydrogen-bond donors (Lipinski definition) is 1. The Kier molecular flexibility index (Phi) is 6.39. The van der Waals surface area contributed by atoms with Gasteiger partial charge < -0.3 is 5.32 Å². The monoisotopic (exact) mass is 439 g/mol. The molecule has 3 aromatic carbocycles. The number of rotatable bonds is 5. The summed E-state index contributed by atoms with van der Waals surface area (Å²) in [7, 11) is 0. The molecule has 1 heterocycles. The summed E-state index contributed by atoms with van der Waals surface area (Å²) in [4.78, 5) is 27.9. The van der Waals surface area contributed by atoms with Gasteiger partial charge in [0, 0.05) is 11.4 Å². The van der Waals surface area contributed by atoms with Crippen LogP contribution in [0.25, 0.3) is 0 Å².